The zero-order valence-electron chi connectivity index (χ0n) is 15.3. The molecule has 2 aliphatic rings. The number of hydrogen-bond acceptors (Lipinski definition) is 3. The van der Waals surface area contributed by atoms with E-state index in [0.29, 0.717) is 24.0 Å². The van der Waals surface area contributed by atoms with Crippen LogP contribution in [0.25, 0.3) is 0 Å². The molecule has 1 saturated heterocycles. The minimum absolute atomic E-state index is 0.275. The molecular weight excluding hydrogens is 292 g/mol. The first-order valence-corrected chi connectivity index (χ1v) is 9.45. The third-order valence-electron chi connectivity index (χ3n) is 5.52. The lowest BCUT2D eigenvalue weighted by atomic mass is 9.71. The number of aliphatic hydroxyl groups excluding tert-OH is 2. The van der Waals surface area contributed by atoms with Gasteiger partial charge in [-0.3, -0.25) is 0 Å². The normalized spacial score (nSPS) is 35.9. The largest absolute Gasteiger partial charge is 0.391 e. The lowest BCUT2D eigenvalue weighted by Gasteiger charge is -2.39. The second-order valence-electron chi connectivity index (χ2n) is 8.70. The first-order valence-electron chi connectivity index (χ1n) is 9.45. The van der Waals surface area contributed by atoms with Gasteiger partial charge in [-0.2, -0.15) is 0 Å². The van der Waals surface area contributed by atoms with Crippen LogP contribution in [-0.2, 0) is 4.74 Å². The predicted octanol–water partition coefficient (Wildman–Crippen LogP) is -1.65. The van der Waals surface area contributed by atoms with Crippen molar-refractivity contribution in [2.75, 3.05) is 52.5 Å². The fourth-order valence-electron chi connectivity index (χ4n) is 4.59. The molecule has 0 aromatic heterocycles. The van der Waals surface area contributed by atoms with Gasteiger partial charge in [0.05, 0.1) is 19.3 Å². The number of piperazine rings is 1. The highest BCUT2D eigenvalue weighted by Gasteiger charge is 2.33. The van der Waals surface area contributed by atoms with Crippen molar-refractivity contribution in [1.82, 2.24) is 0 Å². The van der Waals surface area contributed by atoms with Gasteiger partial charge in [-0.05, 0) is 30.6 Å². The summed E-state index contributed by atoms with van der Waals surface area (Å²) in [6, 6.07) is 0. The van der Waals surface area contributed by atoms with E-state index in [1.54, 1.807) is 0 Å². The fourth-order valence-corrected chi connectivity index (χ4v) is 4.59. The summed E-state index contributed by atoms with van der Waals surface area (Å²) in [5.41, 5.74) is 0.365. The van der Waals surface area contributed by atoms with E-state index in [-0.39, 0.29) is 12.7 Å². The summed E-state index contributed by atoms with van der Waals surface area (Å²) >= 11 is 0. The third-order valence-corrected chi connectivity index (χ3v) is 5.52. The Hall–Kier alpha value is -0.200. The van der Waals surface area contributed by atoms with Crippen LogP contribution in [0.5, 0.6) is 0 Å². The molecule has 136 valence electrons. The monoisotopic (exact) mass is 330 g/mol. The van der Waals surface area contributed by atoms with Gasteiger partial charge in [-0.15, -0.1) is 0 Å². The maximum Gasteiger partial charge on any atom is 0.127 e. The van der Waals surface area contributed by atoms with Crippen LogP contribution in [0.15, 0.2) is 0 Å². The van der Waals surface area contributed by atoms with Crippen molar-refractivity contribution >= 4 is 0 Å². The highest BCUT2D eigenvalue weighted by molar-refractivity contribution is 4.83. The van der Waals surface area contributed by atoms with Gasteiger partial charge in [0.15, 0.2) is 0 Å². The van der Waals surface area contributed by atoms with Crippen LogP contribution in [0.2, 0.25) is 0 Å². The molecule has 0 amide bonds. The highest BCUT2D eigenvalue weighted by Crippen LogP contribution is 2.39. The summed E-state index contributed by atoms with van der Waals surface area (Å²) in [5, 5.41) is 19.3. The van der Waals surface area contributed by atoms with Crippen LogP contribution >= 0.6 is 0 Å². The molecule has 0 bridgehead atoms. The molecule has 2 fully saturated rings. The van der Waals surface area contributed by atoms with Crippen molar-refractivity contribution in [2.24, 2.45) is 11.3 Å². The van der Waals surface area contributed by atoms with Crippen molar-refractivity contribution in [1.29, 1.82) is 0 Å². The van der Waals surface area contributed by atoms with Gasteiger partial charge in [0.1, 0.15) is 45.4 Å². The minimum atomic E-state index is -0.357. The van der Waals surface area contributed by atoms with Crippen LogP contribution < -0.4 is 9.80 Å². The molecule has 0 aromatic carbocycles. The fraction of sp³-hybridized carbons (Fsp3) is 1.00. The molecule has 0 spiro atoms. The minimum Gasteiger partial charge on any atom is -0.391 e. The Labute approximate surface area is 141 Å². The van der Waals surface area contributed by atoms with Gasteiger partial charge in [0.2, 0.25) is 0 Å². The van der Waals surface area contributed by atoms with E-state index in [0.717, 1.165) is 52.1 Å². The van der Waals surface area contributed by atoms with Gasteiger partial charge in [-0.25, -0.2) is 0 Å². The molecule has 0 unspecified atom stereocenters. The number of quaternary nitrogens is 2. The lowest BCUT2D eigenvalue weighted by molar-refractivity contribution is -1.01. The van der Waals surface area contributed by atoms with Crippen molar-refractivity contribution in [3.8, 4) is 0 Å². The molecule has 5 nitrogen and oxygen atoms in total. The standard InChI is InChI=1S/C18H36N2O3/c1-15-10-17(12-18(2,3)11-15)23-14-16(22)13-20-6-4-19(5-7-20)8-9-21/h15-17,21-22H,4-14H2,1-3H3/p+2/t15-,16-,17+/m1/s1. The lowest BCUT2D eigenvalue weighted by Crippen LogP contribution is -3.28. The second-order valence-corrected chi connectivity index (χ2v) is 8.70. The molecule has 0 radical (unpaired) electrons. The summed E-state index contributed by atoms with van der Waals surface area (Å²) in [7, 11) is 0. The van der Waals surface area contributed by atoms with Gasteiger partial charge in [-0.1, -0.05) is 20.8 Å². The maximum absolute atomic E-state index is 10.3. The van der Waals surface area contributed by atoms with Crippen molar-refractivity contribution in [2.45, 2.75) is 52.2 Å². The summed E-state index contributed by atoms with van der Waals surface area (Å²) in [4.78, 5) is 2.96. The van der Waals surface area contributed by atoms with E-state index >= 15 is 0 Å². The average Bonchev–Trinajstić information content (AvgIpc) is 2.45. The van der Waals surface area contributed by atoms with E-state index < -0.39 is 0 Å². The van der Waals surface area contributed by atoms with Crippen LogP contribution in [0.4, 0.5) is 0 Å². The van der Waals surface area contributed by atoms with E-state index in [9.17, 15) is 5.11 Å². The molecule has 4 N–H and O–H groups in total. The van der Waals surface area contributed by atoms with Gasteiger partial charge < -0.3 is 24.7 Å². The first kappa shape index (κ1) is 19.1. The molecule has 3 atom stereocenters. The smallest absolute Gasteiger partial charge is 0.127 e. The molecule has 1 aliphatic heterocycles. The van der Waals surface area contributed by atoms with Gasteiger partial charge >= 0.3 is 0 Å². The molecule has 2 rings (SSSR count). The Morgan fingerprint density at radius 1 is 1.13 bits per heavy atom. The summed E-state index contributed by atoms with van der Waals surface area (Å²) in [6.07, 6.45) is 3.47. The van der Waals surface area contributed by atoms with E-state index in [1.165, 1.54) is 16.2 Å². The Balaban J connectivity index is 1.64. The number of aliphatic hydroxyl groups is 2. The Bertz CT molecular complexity index is 343. The van der Waals surface area contributed by atoms with E-state index in [1.807, 2.05) is 0 Å². The quantitative estimate of drug-likeness (QED) is 0.453. The Morgan fingerprint density at radius 3 is 2.39 bits per heavy atom. The Kier molecular flexibility index (Phi) is 7.29. The molecule has 1 aliphatic carbocycles. The van der Waals surface area contributed by atoms with E-state index in [2.05, 4.69) is 20.8 Å². The van der Waals surface area contributed by atoms with Crippen molar-refractivity contribution in [3.63, 3.8) is 0 Å². The SMILES string of the molecule is C[C@@H]1C[C@H](OC[C@H](O)C[NH+]2CC[NH+](CCO)CC2)CC(C)(C)C1. The van der Waals surface area contributed by atoms with Crippen LogP contribution in [0.1, 0.15) is 40.0 Å². The number of nitrogens with one attached hydrogen (secondary N) is 2. The first-order chi connectivity index (χ1) is 10.9. The third kappa shape index (κ3) is 6.67. The Morgan fingerprint density at radius 2 is 1.78 bits per heavy atom. The van der Waals surface area contributed by atoms with Gasteiger partial charge in [0, 0.05) is 0 Å². The molecule has 5 heteroatoms. The number of ether oxygens (including phenoxy) is 1. The number of rotatable bonds is 7. The molecular formula is C18H38N2O3+2. The number of hydrogen-bond donors (Lipinski definition) is 4. The summed E-state index contributed by atoms with van der Waals surface area (Å²) < 4.78 is 6.05. The predicted molar refractivity (Wildman–Crippen MR) is 90.8 cm³/mol. The summed E-state index contributed by atoms with van der Waals surface area (Å²) in [5.74, 6) is 0.717. The molecule has 0 aromatic rings. The average molecular weight is 331 g/mol. The van der Waals surface area contributed by atoms with Crippen LogP contribution in [0, 0.1) is 11.3 Å². The highest BCUT2D eigenvalue weighted by atomic mass is 16.5. The maximum atomic E-state index is 10.3. The molecule has 1 heterocycles. The van der Waals surface area contributed by atoms with Crippen molar-refractivity contribution < 1.29 is 24.7 Å². The second kappa shape index (κ2) is 8.77. The van der Waals surface area contributed by atoms with Gasteiger partial charge in [0.25, 0.3) is 0 Å². The van der Waals surface area contributed by atoms with Crippen molar-refractivity contribution in [3.05, 3.63) is 0 Å². The zero-order chi connectivity index (χ0) is 16.9. The van der Waals surface area contributed by atoms with Crippen LogP contribution in [0.3, 0.4) is 0 Å². The van der Waals surface area contributed by atoms with Crippen LogP contribution in [-0.4, -0.2) is 74.9 Å². The van der Waals surface area contributed by atoms with E-state index in [4.69, 9.17) is 9.84 Å². The summed E-state index contributed by atoms with van der Waals surface area (Å²) in [6.45, 7) is 13.7. The molecule has 1 saturated carbocycles. The topological polar surface area (TPSA) is 58.6 Å². The zero-order valence-corrected chi connectivity index (χ0v) is 15.3. The molecule has 23 heavy (non-hydrogen) atoms.